The molecule has 4 aromatic rings. The van der Waals surface area contributed by atoms with Crippen molar-refractivity contribution in [3.05, 3.63) is 88.7 Å². The van der Waals surface area contributed by atoms with Gasteiger partial charge in [0.25, 0.3) is 5.91 Å². The number of aryl methyl sites for hydroxylation is 1. The van der Waals surface area contributed by atoms with Crippen molar-refractivity contribution in [2.75, 3.05) is 25.0 Å². The summed E-state index contributed by atoms with van der Waals surface area (Å²) in [6, 6.07) is 17.8. The highest BCUT2D eigenvalue weighted by molar-refractivity contribution is 7.16. The van der Waals surface area contributed by atoms with E-state index in [1.807, 2.05) is 71.2 Å². The van der Waals surface area contributed by atoms with Gasteiger partial charge in [-0.3, -0.25) is 4.79 Å². The number of halogens is 1. The Morgan fingerprint density at radius 1 is 1.09 bits per heavy atom. The van der Waals surface area contributed by atoms with Crippen molar-refractivity contribution in [2.24, 2.45) is 0 Å². The summed E-state index contributed by atoms with van der Waals surface area (Å²) in [5.74, 6) is -0.366. The van der Waals surface area contributed by atoms with Crippen LogP contribution in [0.3, 0.4) is 0 Å². The van der Waals surface area contributed by atoms with Crippen molar-refractivity contribution in [2.45, 2.75) is 26.4 Å². The third kappa shape index (κ3) is 4.79. The Kier molecular flexibility index (Phi) is 6.30. The molecule has 1 saturated heterocycles. The molecule has 0 radical (unpaired) electrons. The molecule has 0 spiro atoms. The number of fused-ring (bicyclic) bond motifs is 1. The lowest BCUT2D eigenvalue weighted by Crippen LogP contribution is -2.56. The second kappa shape index (κ2) is 9.54. The number of urea groups is 1. The Hall–Kier alpha value is -3.65. The molecule has 0 bridgehead atoms. The summed E-state index contributed by atoms with van der Waals surface area (Å²) in [4.78, 5) is 31.1. The van der Waals surface area contributed by atoms with Crippen molar-refractivity contribution in [3.63, 3.8) is 0 Å². The van der Waals surface area contributed by atoms with Crippen molar-refractivity contribution in [1.82, 2.24) is 14.4 Å². The number of nitrogens with one attached hydrogen (secondary N) is 1. The van der Waals surface area contributed by atoms with Crippen LogP contribution in [0, 0.1) is 12.7 Å². The number of piperazine rings is 1. The van der Waals surface area contributed by atoms with E-state index in [1.165, 1.54) is 12.1 Å². The zero-order valence-corrected chi connectivity index (χ0v) is 20.5. The van der Waals surface area contributed by atoms with Gasteiger partial charge >= 0.3 is 6.03 Å². The average molecular weight is 491 g/mol. The maximum atomic E-state index is 13.8. The van der Waals surface area contributed by atoms with E-state index in [9.17, 15) is 14.0 Å². The van der Waals surface area contributed by atoms with Gasteiger partial charge in [-0.1, -0.05) is 24.3 Å². The smallest absolute Gasteiger partial charge is 0.322 e. The molecule has 3 amide bonds. The highest BCUT2D eigenvalue weighted by Crippen LogP contribution is 2.28. The molecule has 1 atom stereocenters. The van der Waals surface area contributed by atoms with Gasteiger partial charge in [-0.2, -0.15) is 0 Å². The van der Waals surface area contributed by atoms with Crippen LogP contribution in [0.2, 0.25) is 0 Å². The fourth-order valence-electron chi connectivity index (χ4n) is 4.65. The molecule has 1 aliphatic rings. The number of amides is 3. The van der Waals surface area contributed by atoms with Crippen LogP contribution in [-0.2, 0) is 6.54 Å². The first-order valence-electron chi connectivity index (χ1n) is 11.6. The number of aromatic nitrogens is 1. The number of hydrogen-bond donors (Lipinski definition) is 1. The predicted molar refractivity (Wildman–Crippen MR) is 138 cm³/mol. The molecule has 1 N–H and O–H groups in total. The zero-order valence-electron chi connectivity index (χ0n) is 19.7. The van der Waals surface area contributed by atoms with Crippen LogP contribution >= 0.6 is 11.3 Å². The highest BCUT2D eigenvalue weighted by Gasteiger charge is 2.32. The summed E-state index contributed by atoms with van der Waals surface area (Å²) in [7, 11) is 0. The molecule has 0 unspecified atom stereocenters. The van der Waals surface area contributed by atoms with Gasteiger partial charge in [0, 0.05) is 43.3 Å². The quantitative estimate of drug-likeness (QED) is 0.406. The van der Waals surface area contributed by atoms with Crippen LogP contribution in [0.25, 0.3) is 10.2 Å². The van der Waals surface area contributed by atoms with Gasteiger partial charge < -0.3 is 19.7 Å². The SMILES string of the molecule is Cc1cccc(NC(=O)N2CCN(C(=O)c3cc4ccsc4n3Cc3cccc(F)c3)C[C@@H]2C)c1. The van der Waals surface area contributed by atoms with E-state index in [4.69, 9.17) is 0 Å². The van der Waals surface area contributed by atoms with Gasteiger partial charge in [0.15, 0.2) is 0 Å². The van der Waals surface area contributed by atoms with Crippen molar-refractivity contribution < 1.29 is 14.0 Å². The minimum Gasteiger partial charge on any atom is -0.334 e. The van der Waals surface area contributed by atoms with Crippen LogP contribution in [0.4, 0.5) is 14.9 Å². The number of hydrogen-bond acceptors (Lipinski definition) is 3. The number of rotatable bonds is 4. The molecule has 2 aromatic carbocycles. The van der Waals surface area contributed by atoms with Crippen LogP contribution in [-0.4, -0.2) is 52.0 Å². The molecule has 1 fully saturated rings. The monoisotopic (exact) mass is 490 g/mol. The molecule has 0 aliphatic carbocycles. The first-order chi connectivity index (χ1) is 16.9. The number of anilines is 1. The van der Waals surface area contributed by atoms with Gasteiger partial charge in [0.05, 0.1) is 0 Å². The van der Waals surface area contributed by atoms with E-state index in [1.54, 1.807) is 22.3 Å². The third-order valence-electron chi connectivity index (χ3n) is 6.40. The van der Waals surface area contributed by atoms with Crippen molar-refractivity contribution in [1.29, 1.82) is 0 Å². The lowest BCUT2D eigenvalue weighted by molar-refractivity contribution is 0.0583. The fourth-order valence-corrected chi connectivity index (χ4v) is 5.55. The van der Waals surface area contributed by atoms with Gasteiger partial charge in [-0.25, -0.2) is 9.18 Å². The molecule has 8 heteroatoms. The second-order valence-electron chi connectivity index (χ2n) is 9.02. The largest absolute Gasteiger partial charge is 0.334 e. The summed E-state index contributed by atoms with van der Waals surface area (Å²) in [6.45, 7) is 5.69. The average Bonchev–Trinajstić information content (AvgIpc) is 3.41. The predicted octanol–water partition coefficient (Wildman–Crippen LogP) is 5.58. The molecule has 5 rings (SSSR count). The first-order valence-corrected chi connectivity index (χ1v) is 12.5. The van der Waals surface area contributed by atoms with E-state index >= 15 is 0 Å². The van der Waals surface area contributed by atoms with E-state index in [-0.39, 0.29) is 23.8 Å². The van der Waals surface area contributed by atoms with E-state index < -0.39 is 0 Å². The fraction of sp³-hybridized carbons (Fsp3) is 0.259. The summed E-state index contributed by atoms with van der Waals surface area (Å²) >= 11 is 1.57. The van der Waals surface area contributed by atoms with E-state index in [0.717, 1.165) is 27.0 Å². The summed E-state index contributed by atoms with van der Waals surface area (Å²) in [6.07, 6.45) is 0. The lowest BCUT2D eigenvalue weighted by Gasteiger charge is -2.39. The van der Waals surface area contributed by atoms with Gasteiger partial charge in [0.2, 0.25) is 0 Å². The molecular weight excluding hydrogens is 463 g/mol. The van der Waals surface area contributed by atoms with Crippen LogP contribution in [0.5, 0.6) is 0 Å². The van der Waals surface area contributed by atoms with Crippen molar-refractivity contribution in [3.8, 4) is 0 Å². The highest BCUT2D eigenvalue weighted by atomic mass is 32.1. The van der Waals surface area contributed by atoms with E-state index in [2.05, 4.69) is 5.32 Å². The molecule has 0 saturated carbocycles. The minimum absolute atomic E-state index is 0.0737. The molecular formula is C27H27FN4O2S. The number of benzene rings is 2. The standard InChI is InChI=1S/C27H27FN4O2S/c1-18-5-3-8-23(13-18)29-27(34)31-11-10-30(16-19(31)2)25(33)24-15-21-9-12-35-26(21)32(24)17-20-6-4-7-22(28)14-20/h3-9,12-15,19H,10-11,16-17H2,1-2H3,(H,29,34)/t19-/m0/s1. The van der Waals surface area contributed by atoms with Crippen LogP contribution in [0.15, 0.2) is 66.0 Å². The Morgan fingerprint density at radius 2 is 1.91 bits per heavy atom. The number of thiophene rings is 1. The number of carbonyl (C=O) groups excluding carboxylic acids is 2. The minimum atomic E-state index is -0.293. The Morgan fingerprint density at radius 3 is 2.69 bits per heavy atom. The number of carbonyl (C=O) groups is 2. The zero-order chi connectivity index (χ0) is 24.5. The third-order valence-corrected chi connectivity index (χ3v) is 7.35. The van der Waals surface area contributed by atoms with E-state index in [0.29, 0.717) is 31.9 Å². The first kappa shape index (κ1) is 23.1. The molecule has 35 heavy (non-hydrogen) atoms. The van der Waals surface area contributed by atoms with Gasteiger partial charge in [-0.15, -0.1) is 11.3 Å². The Bertz CT molecular complexity index is 1390. The number of nitrogens with zero attached hydrogens (tertiary/aromatic N) is 3. The van der Waals surface area contributed by atoms with Gasteiger partial charge in [0.1, 0.15) is 16.3 Å². The summed E-state index contributed by atoms with van der Waals surface area (Å²) < 4.78 is 15.8. The molecule has 6 nitrogen and oxygen atoms in total. The van der Waals surface area contributed by atoms with Crippen LogP contribution < -0.4 is 5.32 Å². The molecule has 180 valence electrons. The maximum absolute atomic E-state index is 13.8. The Balaban J connectivity index is 1.32. The second-order valence-corrected chi connectivity index (χ2v) is 9.91. The molecule has 3 heterocycles. The molecule has 2 aromatic heterocycles. The van der Waals surface area contributed by atoms with Gasteiger partial charge in [-0.05, 0) is 66.8 Å². The normalized spacial score (nSPS) is 16.0. The van der Waals surface area contributed by atoms with Crippen LogP contribution in [0.1, 0.15) is 28.5 Å². The Labute approximate surface area is 207 Å². The molecule has 1 aliphatic heterocycles. The summed E-state index contributed by atoms with van der Waals surface area (Å²) in [5.41, 5.74) is 3.22. The topological polar surface area (TPSA) is 57.6 Å². The maximum Gasteiger partial charge on any atom is 0.322 e. The summed E-state index contributed by atoms with van der Waals surface area (Å²) in [5, 5.41) is 5.96. The lowest BCUT2D eigenvalue weighted by atomic mass is 10.1. The van der Waals surface area contributed by atoms with Crippen molar-refractivity contribution >= 4 is 39.2 Å².